The second kappa shape index (κ2) is 9.26. The minimum Gasteiger partial charge on any atom is -0.372 e. The first kappa shape index (κ1) is 20.4. The van der Waals surface area contributed by atoms with Crippen molar-refractivity contribution in [1.82, 2.24) is 10.6 Å². The molecular formula is C21H25ClFN3O2. The van der Waals surface area contributed by atoms with Crippen LogP contribution in [0.15, 0.2) is 42.5 Å². The molecule has 1 heterocycles. The first-order chi connectivity index (χ1) is 13.4. The number of nitrogens with zero attached hydrogens (tertiary/aromatic N) is 1. The predicted octanol–water partition coefficient (Wildman–Crippen LogP) is 4.09. The van der Waals surface area contributed by atoms with Crippen LogP contribution in [0.4, 0.5) is 14.9 Å². The van der Waals surface area contributed by atoms with Gasteiger partial charge in [0.2, 0.25) is 0 Å². The summed E-state index contributed by atoms with van der Waals surface area (Å²) >= 11 is 5.84. The summed E-state index contributed by atoms with van der Waals surface area (Å²) in [5.41, 5.74) is 2.22. The SMILES string of the molecule is CC1CN(c2ccc(CNC(=O)NCc3ccc(Cl)cc3)cc2F)CC(C)O1. The van der Waals surface area contributed by atoms with Gasteiger partial charge in [-0.1, -0.05) is 29.8 Å². The third kappa shape index (κ3) is 5.59. The van der Waals surface area contributed by atoms with Crippen molar-refractivity contribution in [2.75, 3.05) is 18.0 Å². The smallest absolute Gasteiger partial charge is 0.315 e. The quantitative estimate of drug-likeness (QED) is 0.787. The van der Waals surface area contributed by atoms with Crippen LogP contribution in [0.1, 0.15) is 25.0 Å². The molecule has 0 bridgehead atoms. The van der Waals surface area contributed by atoms with Gasteiger partial charge >= 0.3 is 6.03 Å². The summed E-state index contributed by atoms with van der Waals surface area (Å²) in [6.07, 6.45) is 0.127. The Hall–Kier alpha value is -2.31. The number of ether oxygens (including phenoxy) is 1. The van der Waals surface area contributed by atoms with E-state index >= 15 is 0 Å². The highest BCUT2D eigenvalue weighted by Crippen LogP contribution is 2.24. The standard InChI is InChI=1S/C21H25ClFN3O2/c1-14-12-26(13-15(2)28-14)20-8-5-17(9-19(20)23)11-25-21(27)24-10-16-3-6-18(22)7-4-16/h3-9,14-15H,10-13H2,1-2H3,(H2,24,25,27). The van der Waals surface area contributed by atoms with Crippen LogP contribution in [-0.4, -0.2) is 31.3 Å². The minimum atomic E-state index is -0.310. The highest BCUT2D eigenvalue weighted by molar-refractivity contribution is 6.30. The van der Waals surface area contributed by atoms with E-state index < -0.39 is 0 Å². The van der Waals surface area contributed by atoms with Gasteiger partial charge in [0.05, 0.1) is 17.9 Å². The van der Waals surface area contributed by atoms with Crippen molar-refractivity contribution in [1.29, 1.82) is 0 Å². The number of urea groups is 1. The van der Waals surface area contributed by atoms with E-state index in [-0.39, 0.29) is 30.6 Å². The molecule has 3 rings (SSSR count). The molecule has 1 saturated heterocycles. The summed E-state index contributed by atoms with van der Waals surface area (Å²) < 4.78 is 20.3. The van der Waals surface area contributed by atoms with Gasteiger partial charge in [-0.3, -0.25) is 0 Å². The summed E-state index contributed by atoms with van der Waals surface area (Å²) in [7, 11) is 0. The molecule has 0 aliphatic carbocycles. The maximum atomic E-state index is 14.6. The zero-order valence-corrected chi connectivity index (χ0v) is 16.8. The van der Waals surface area contributed by atoms with E-state index in [1.54, 1.807) is 18.2 Å². The second-order valence-corrected chi connectivity index (χ2v) is 7.55. The Morgan fingerprint density at radius 3 is 2.25 bits per heavy atom. The van der Waals surface area contributed by atoms with Crippen LogP contribution < -0.4 is 15.5 Å². The van der Waals surface area contributed by atoms with Crippen LogP contribution in [0, 0.1) is 5.82 Å². The molecule has 1 aliphatic heterocycles. The van der Waals surface area contributed by atoms with Crippen molar-refractivity contribution in [3.8, 4) is 0 Å². The second-order valence-electron chi connectivity index (χ2n) is 7.11. The van der Waals surface area contributed by atoms with Gasteiger partial charge in [-0.25, -0.2) is 9.18 Å². The Balaban J connectivity index is 1.51. The van der Waals surface area contributed by atoms with Crippen molar-refractivity contribution in [2.45, 2.75) is 39.1 Å². The topological polar surface area (TPSA) is 53.6 Å². The van der Waals surface area contributed by atoms with Gasteiger partial charge in [0, 0.05) is 31.2 Å². The van der Waals surface area contributed by atoms with Crippen LogP contribution in [0.25, 0.3) is 0 Å². The number of carbonyl (C=O) groups excluding carboxylic acids is 1. The van der Waals surface area contributed by atoms with E-state index in [0.717, 1.165) is 5.56 Å². The summed E-state index contributed by atoms with van der Waals surface area (Å²) in [6, 6.07) is 12.0. The highest BCUT2D eigenvalue weighted by Gasteiger charge is 2.24. The number of hydrogen-bond acceptors (Lipinski definition) is 3. The van der Waals surface area contributed by atoms with Gasteiger partial charge < -0.3 is 20.3 Å². The first-order valence-electron chi connectivity index (χ1n) is 9.35. The van der Waals surface area contributed by atoms with Gasteiger partial charge in [0.1, 0.15) is 5.82 Å². The van der Waals surface area contributed by atoms with Crippen LogP contribution in [-0.2, 0) is 17.8 Å². The van der Waals surface area contributed by atoms with Crippen molar-refractivity contribution >= 4 is 23.3 Å². The molecule has 2 N–H and O–H groups in total. The molecule has 2 aromatic carbocycles. The van der Waals surface area contributed by atoms with Crippen molar-refractivity contribution in [3.63, 3.8) is 0 Å². The van der Waals surface area contributed by atoms with Crippen molar-refractivity contribution < 1.29 is 13.9 Å². The fraction of sp³-hybridized carbons (Fsp3) is 0.381. The molecule has 7 heteroatoms. The number of hydrogen-bond donors (Lipinski definition) is 2. The molecule has 2 aromatic rings. The molecule has 2 amide bonds. The molecule has 150 valence electrons. The molecule has 0 aromatic heterocycles. The lowest BCUT2D eigenvalue weighted by Crippen LogP contribution is -2.45. The van der Waals surface area contributed by atoms with Gasteiger partial charge in [0.25, 0.3) is 0 Å². The Kier molecular flexibility index (Phi) is 6.75. The Morgan fingerprint density at radius 2 is 1.64 bits per heavy atom. The molecular weight excluding hydrogens is 381 g/mol. The van der Waals surface area contributed by atoms with Gasteiger partial charge in [0.15, 0.2) is 0 Å². The number of halogens is 2. The lowest BCUT2D eigenvalue weighted by molar-refractivity contribution is -0.00539. The van der Waals surface area contributed by atoms with E-state index in [1.165, 1.54) is 6.07 Å². The lowest BCUT2D eigenvalue weighted by Gasteiger charge is -2.37. The molecule has 28 heavy (non-hydrogen) atoms. The Labute approximate surface area is 169 Å². The monoisotopic (exact) mass is 405 g/mol. The largest absolute Gasteiger partial charge is 0.372 e. The number of benzene rings is 2. The fourth-order valence-corrected chi connectivity index (χ4v) is 3.45. The van der Waals surface area contributed by atoms with Crippen LogP contribution in [0.3, 0.4) is 0 Å². The molecule has 0 radical (unpaired) electrons. The number of nitrogens with one attached hydrogen (secondary N) is 2. The summed E-state index contributed by atoms with van der Waals surface area (Å²) in [6.45, 7) is 5.93. The molecule has 1 aliphatic rings. The first-order valence-corrected chi connectivity index (χ1v) is 9.73. The van der Waals surface area contributed by atoms with E-state index in [4.69, 9.17) is 16.3 Å². The Bertz CT molecular complexity index is 806. The maximum Gasteiger partial charge on any atom is 0.315 e. The molecule has 0 saturated carbocycles. The van der Waals surface area contributed by atoms with E-state index in [9.17, 15) is 9.18 Å². The third-order valence-electron chi connectivity index (χ3n) is 4.59. The normalized spacial score (nSPS) is 19.4. The Morgan fingerprint density at radius 1 is 1.07 bits per heavy atom. The molecule has 0 spiro atoms. The average molecular weight is 406 g/mol. The number of morpholine rings is 1. The van der Waals surface area contributed by atoms with Crippen LogP contribution in [0.5, 0.6) is 0 Å². The van der Waals surface area contributed by atoms with Crippen LogP contribution >= 0.6 is 11.6 Å². The molecule has 2 atom stereocenters. The van der Waals surface area contributed by atoms with E-state index in [0.29, 0.717) is 35.9 Å². The highest BCUT2D eigenvalue weighted by atomic mass is 35.5. The number of amides is 2. The molecule has 5 nitrogen and oxygen atoms in total. The molecule has 1 fully saturated rings. The minimum absolute atomic E-state index is 0.0637. The van der Waals surface area contributed by atoms with E-state index in [2.05, 4.69) is 10.6 Å². The zero-order chi connectivity index (χ0) is 20.1. The lowest BCUT2D eigenvalue weighted by atomic mass is 10.1. The van der Waals surface area contributed by atoms with Crippen molar-refractivity contribution in [3.05, 3.63) is 64.4 Å². The summed E-state index contributed by atoms with van der Waals surface area (Å²) in [5.74, 6) is -0.290. The van der Waals surface area contributed by atoms with Gasteiger partial charge in [-0.05, 0) is 49.2 Å². The third-order valence-corrected chi connectivity index (χ3v) is 4.84. The summed E-state index contributed by atoms with van der Waals surface area (Å²) in [5, 5.41) is 6.16. The average Bonchev–Trinajstić information content (AvgIpc) is 2.65. The fourth-order valence-electron chi connectivity index (χ4n) is 3.32. The van der Waals surface area contributed by atoms with Crippen LogP contribution in [0.2, 0.25) is 5.02 Å². The summed E-state index contributed by atoms with van der Waals surface area (Å²) in [4.78, 5) is 14.0. The zero-order valence-electron chi connectivity index (χ0n) is 16.0. The maximum absolute atomic E-state index is 14.6. The number of rotatable bonds is 5. The van der Waals surface area contributed by atoms with Crippen molar-refractivity contribution in [2.24, 2.45) is 0 Å². The predicted molar refractivity (Wildman–Crippen MR) is 109 cm³/mol. The van der Waals surface area contributed by atoms with Gasteiger partial charge in [-0.15, -0.1) is 0 Å². The van der Waals surface area contributed by atoms with E-state index in [1.807, 2.05) is 36.9 Å². The molecule has 2 unspecified atom stereocenters. The number of anilines is 1. The van der Waals surface area contributed by atoms with Gasteiger partial charge in [-0.2, -0.15) is 0 Å². The number of carbonyl (C=O) groups is 1.